The van der Waals surface area contributed by atoms with E-state index < -0.39 is 0 Å². The van der Waals surface area contributed by atoms with Crippen molar-refractivity contribution in [3.63, 3.8) is 0 Å². The fraction of sp³-hybridized carbons (Fsp3) is 0.429. The van der Waals surface area contributed by atoms with Crippen molar-refractivity contribution in [2.75, 3.05) is 37.5 Å². The second kappa shape index (κ2) is 13.1. The standard InChI is InChI=1S/C28H39N5O3/c1-7-25(35-5)16-26(36-6)14-19(2)8-11-23-15-27(32-31-23)30-28(34)22-9-12-24(13-10-22)33-17-20(3)29-21(4)18-33/h7,9-10,12-16,20-21,25,29H,1,8,11,17-18H2,2-6H3,(H2,30,31,32,34)/b19-14+,26-16+. The first-order valence-electron chi connectivity index (χ1n) is 12.4. The molecule has 1 fully saturated rings. The highest BCUT2D eigenvalue weighted by Crippen LogP contribution is 2.20. The number of aromatic nitrogens is 2. The summed E-state index contributed by atoms with van der Waals surface area (Å²) in [5, 5.41) is 13.7. The van der Waals surface area contributed by atoms with Gasteiger partial charge in [0, 0.05) is 49.6 Å². The molecule has 36 heavy (non-hydrogen) atoms. The second-order valence-corrected chi connectivity index (χ2v) is 9.35. The molecule has 1 aliphatic heterocycles. The highest BCUT2D eigenvalue weighted by Gasteiger charge is 2.21. The number of nitrogens with zero attached hydrogens (tertiary/aromatic N) is 2. The molecule has 3 unspecified atom stereocenters. The van der Waals surface area contributed by atoms with E-state index in [0.29, 0.717) is 23.5 Å². The highest BCUT2D eigenvalue weighted by molar-refractivity contribution is 6.03. The molecule has 0 saturated carbocycles. The van der Waals surface area contributed by atoms with Crippen molar-refractivity contribution in [2.24, 2.45) is 0 Å². The summed E-state index contributed by atoms with van der Waals surface area (Å²) in [5.41, 5.74) is 3.76. The minimum atomic E-state index is -0.202. The lowest BCUT2D eigenvalue weighted by atomic mass is 10.1. The molecule has 0 radical (unpaired) electrons. The predicted octanol–water partition coefficient (Wildman–Crippen LogP) is 4.46. The monoisotopic (exact) mass is 493 g/mol. The van der Waals surface area contributed by atoms with Gasteiger partial charge in [0.1, 0.15) is 11.6 Å². The number of hydrogen-bond acceptors (Lipinski definition) is 6. The quantitative estimate of drug-likeness (QED) is 0.243. The van der Waals surface area contributed by atoms with Crippen molar-refractivity contribution in [1.82, 2.24) is 15.5 Å². The van der Waals surface area contributed by atoms with Crippen molar-refractivity contribution in [1.29, 1.82) is 0 Å². The molecule has 0 aliphatic carbocycles. The number of piperazine rings is 1. The minimum Gasteiger partial charge on any atom is -0.497 e. The molecule has 8 heteroatoms. The number of methoxy groups -OCH3 is 2. The average Bonchev–Trinajstić information content (AvgIpc) is 3.32. The van der Waals surface area contributed by atoms with Crippen molar-refractivity contribution < 1.29 is 14.3 Å². The molecule has 194 valence electrons. The summed E-state index contributed by atoms with van der Waals surface area (Å²) in [5.74, 6) is 1.14. The molecule has 8 nitrogen and oxygen atoms in total. The Labute approximate surface area is 214 Å². The van der Waals surface area contributed by atoms with Crippen LogP contribution in [-0.4, -0.2) is 61.6 Å². The van der Waals surface area contributed by atoms with Gasteiger partial charge in [-0.15, -0.1) is 6.58 Å². The maximum atomic E-state index is 12.7. The molecule has 1 aromatic heterocycles. The molecule has 2 heterocycles. The van der Waals surface area contributed by atoms with Gasteiger partial charge in [-0.2, -0.15) is 5.10 Å². The van der Waals surface area contributed by atoms with Crippen LogP contribution >= 0.6 is 0 Å². The van der Waals surface area contributed by atoms with Gasteiger partial charge in [0.15, 0.2) is 0 Å². The van der Waals surface area contributed by atoms with E-state index >= 15 is 0 Å². The molecule has 3 N–H and O–H groups in total. The van der Waals surface area contributed by atoms with Crippen LogP contribution in [0.25, 0.3) is 0 Å². The van der Waals surface area contributed by atoms with Crippen LogP contribution in [0.4, 0.5) is 11.5 Å². The number of aryl methyl sites for hydroxylation is 1. The lowest BCUT2D eigenvalue weighted by molar-refractivity contribution is 0.102. The number of benzene rings is 1. The van der Waals surface area contributed by atoms with Gasteiger partial charge in [-0.05, 0) is 70.0 Å². The summed E-state index contributed by atoms with van der Waals surface area (Å²) in [6.45, 7) is 12.1. The summed E-state index contributed by atoms with van der Waals surface area (Å²) in [7, 11) is 3.26. The van der Waals surface area contributed by atoms with Crippen molar-refractivity contribution in [3.05, 3.63) is 77.7 Å². The van der Waals surface area contributed by atoms with Crippen LogP contribution in [0.1, 0.15) is 43.2 Å². The number of allylic oxidation sites excluding steroid dienone is 2. The zero-order valence-electron chi connectivity index (χ0n) is 22.0. The van der Waals surface area contributed by atoms with Gasteiger partial charge in [0.05, 0.1) is 18.9 Å². The summed E-state index contributed by atoms with van der Waals surface area (Å²) in [4.78, 5) is 15.1. The fourth-order valence-corrected chi connectivity index (χ4v) is 4.32. The first kappa shape index (κ1) is 27.2. The Balaban J connectivity index is 1.54. The largest absolute Gasteiger partial charge is 0.497 e. The third-order valence-electron chi connectivity index (χ3n) is 6.16. The smallest absolute Gasteiger partial charge is 0.256 e. The predicted molar refractivity (Wildman–Crippen MR) is 145 cm³/mol. The zero-order valence-corrected chi connectivity index (χ0v) is 22.0. The second-order valence-electron chi connectivity index (χ2n) is 9.35. The van der Waals surface area contributed by atoms with Gasteiger partial charge < -0.3 is 25.0 Å². The van der Waals surface area contributed by atoms with Crippen LogP contribution in [0, 0.1) is 0 Å². The van der Waals surface area contributed by atoms with E-state index in [1.165, 1.54) is 0 Å². The number of carbonyl (C=O) groups is 1. The van der Waals surface area contributed by atoms with Crippen molar-refractivity contribution in [3.8, 4) is 0 Å². The maximum Gasteiger partial charge on any atom is 0.256 e. The number of amides is 1. The Morgan fingerprint density at radius 2 is 1.94 bits per heavy atom. The lowest BCUT2D eigenvalue weighted by Gasteiger charge is -2.37. The average molecular weight is 494 g/mol. The topological polar surface area (TPSA) is 91.5 Å². The third kappa shape index (κ3) is 7.83. The molecule has 2 aromatic rings. The summed E-state index contributed by atoms with van der Waals surface area (Å²) < 4.78 is 10.7. The molecule has 0 spiro atoms. The molecule has 3 atom stereocenters. The Morgan fingerprint density at radius 3 is 2.56 bits per heavy atom. The number of carbonyl (C=O) groups excluding carboxylic acids is 1. The van der Waals surface area contributed by atoms with Crippen molar-refractivity contribution >= 4 is 17.4 Å². The zero-order chi connectivity index (χ0) is 26.1. The van der Waals surface area contributed by atoms with Crippen LogP contribution < -0.4 is 15.5 Å². The van der Waals surface area contributed by atoms with Crippen LogP contribution in [0.2, 0.25) is 0 Å². The molecule has 3 rings (SSSR count). The van der Waals surface area contributed by atoms with E-state index in [-0.39, 0.29) is 12.0 Å². The van der Waals surface area contributed by atoms with Crippen LogP contribution in [-0.2, 0) is 15.9 Å². The Hall–Kier alpha value is -3.36. The van der Waals surface area contributed by atoms with Crippen LogP contribution in [0.15, 0.2) is 66.5 Å². The maximum absolute atomic E-state index is 12.7. The van der Waals surface area contributed by atoms with E-state index in [1.54, 1.807) is 20.3 Å². The molecule has 1 amide bonds. The van der Waals surface area contributed by atoms with E-state index in [1.807, 2.05) is 49.4 Å². The van der Waals surface area contributed by atoms with Gasteiger partial charge in [-0.25, -0.2) is 0 Å². The van der Waals surface area contributed by atoms with Gasteiger partial charge in [-0.3, -0.25) is 9.89 Å². The van der Waals surface area contributed by atoms with Crippen molar-refractivity contribution in [2.45, 2.75) is 51.8 Å². The lowest BCUT2D eigenvalue weighted by Crippen LogP contribution is -2.54. The van der Waals surface area contributed by atoms with E-state index in [0.717, 1.165) is 48.6 Å². The van der Waals surface area contributed by atoms with E-state index in [2.05, 4.69) is 46.2 Å². The number of H-pyrrole nitrogens is 1. The summed E-state index contributed by atoms with van der Waals surface area (Å²) in [6, 6.07) is 10.5. The normalized spacial score (nSPS) is 19.6. The molecule has 1 aliphatic rings. The van der Waals surface area contributed by atoms with Gasteiger partial charge >= 0.3 is 0 Å². The Kier molecular flexibility index (Phi) is 9.90. The molecule has 0 bridgehead atoms. The number of nitrogens with one attached hydrogen (secondary N) is 3. The number of rotatable bonds is 11. The number of aromatic amines is 1. The van der Waals surface area contributed by atoms with E-state index in [4.69, 9.17) is 9.47 Å². The summed E-state index contributed by atoms with van der Waals surface area (Å²) in [6.07, 6.45) is 6.90. The number of hydrogen-bond donors (Lipinski definition) is 3. The molecule has 1 aromatic carbocycles. The molecular formula is C28H39N5O3. The molecule has 1 saturated heterocycles. The Morgan fingerprint density at radius 1 is 1.25 bits per heavy atom. The number of ether oxygens (including phenoxy) is 2. The molecular weight excluding hydrogens is 454 g/mol. The fourth-order valence-electron chi connectivity index (χ4n) is 4.32. The van der Waals surface area contributed by atoms with Crippen LogP contribution in [0.5, 0.6) is 0 Å². The highest BCUT2D eigenvalue weighted by atomic mass is 16.5. The first-order chi connectivity index (χ1) is 17.3. The van der Waals surface area contributed by atoms with Crippen LogP contribution in [0.3, 0.4) is 0 Å². The summed E-state index contributed by atoms with van der Waals surface area (Å²) >= 11 is 0. The van der Waals surface area contributed by atoms with E-state index in [9.17, 15) is 4.79 Å². The SMILES string of the molecule is C=CC(/C=C(\C=C(/C)CCc1cc(NC(=O)c2ccc(N3CC(C)NC(C)C3)cc2)[nH]n1)OC)OC. The third-order valence-corrected chi connectivity index (χ3v) is 6.16. The number of anilines is 2. The van der Waals surface area contributed by atoms with Gasteiger partial charge in [0.25, 0.3) is 5.91 Å². The van der Waals surface area contributed by atoms with Gasteiger partial charge in [-0.1, -0.05) is 11.6 Å². The minimum absolute atomic E-state index is 0.167. The van der Waals surface area contributed by atoms with Gasteiger partial charge in [0.2, 0.25) is 0 Å². The Bertz CT molecular complexity index is 1060. The first-order valence-corrected chi connectivity index (χ1v) is 12.4.